The number of halogens is 2. The van der Waals surface area contributed by atoms with Crippen LogP contribution in [0.25, 0.3) is 0 Å². The van der Waals surface area contributed by atoms with Gasteiger partial charge in [0.1, 0.15) is 0 Å². The van der Waals surface area contributed by atoms with Crippen molar-refractivity contribution >= 4 is 30.7 Å². The van der Waals surface area contributed by atoms with Crippen molar-refractivity contribution in [1.82, 2.24) is 15.5 Å². The molecule has 146 valence electrons. The van der Waals surface area contributed by atoms with E-state index in [1.165, 1.54) is 30.4 Å². The second-order valence-corrected chi connectivity index (χ2v) is 7.78. The van der Waals surface area contributed by atoms with E-state index in [-0.39, 0.29) is 30.2 Å². The average molecular weight is 400 g/mol. The Labute approximate surface area is 169 Å². The molecule has 4 nitrogen and oxygen atoms in total. The molecule has 6 heteroatoms. The van der Waals surface area contributed by atoms with E-state index in [9.17, 15) is 4.79 Å². The molecule has 1 aliphatic carbocycles. The van der Waals surface area contributed by atoms with Crippen LogP contribution in [0.1, 0.15) is 36.8 Å². The summed E-state index contributed by atoms with van der Waals surface area (Å²) < 4.78 is 0. The fraction of sp³-hybridized carbons (Fsp3) is 0.650. The minimum absolute atomic E-state index is 0. The zero-order valence-corrected chi connectivity index (χ0v) is 17.0. The molecule has 1 amide bonds. The number of fused-ring (bicyclic) bond motifs is 2. The van der Waals surface area contributed by atoms with Crippen molar-refractivity contribution in [2.24, 2.45) is 11.3 Å². The first-order chi connectivity index (χ1) is 11.8. The molecule has 1 saturated carbocycles. The van der Waals surface area contributed by atoms with E-state index >= 15 is 0 Å². The van der Waals surface area contributed by atoms with Gasteiger partial charge in [0.15, 0.2) is 0 Å². The van der Waals surface area contributed by atoms with Crippen LogP contribution in [0.3, 0.4) is 0 Å². The molecule has 0 aromatic heterocycles. The number of carbonyl (C=O) groups is 1. The number of benzene rings is 1. The van der Waals surface area contributed by atoms with Crippen molar-refractivity contribution in [3.05, 3.63) is 35.4 Å². The van der Waals surface area contributed by atoms with Gasteiger partial charge in [-0.3, -0.25) is 9.69 Å². The lowest BCUT2D eigenvalue weighted by Crippen LogP contribution is -2.49. The third-order valence-corrected chi connectivity index (χ3v) is 6.41. The van der Waals surface area contributed by atoms with Gasteiger partial charge in [0, 0.05) is 32.7 Å². The molecule has 1 saturated heterocycles. The van der Waals surface area contributed by atoms with Crippen LogP contribution in [0.4, 0.5) is 0 Å². The topological polar surface area (TPSA) is 44.4 Å². The summed E-state index contributed by atoms with van der Waals surface area (Å²) in [6, 6.07) is 8.73. The Kier molecular flexibility index (Phi) is 7.77. The molecular formula is C20H31Cl2N3O. The second-order valence-electron chi connectivity index (χ2n) is 7.78. The van der Waals surface area contributed by atoms with Crippen molar-refractivity contribution in [2.45, 2.75) is 38.6 Å². The Morgan fingerprint density at radius 3 is 2.88 bits per heavy atom. The summed E-state index contributed by atoms with van der Waals surface area (Å²) in [5, 5.41) is 6.73. The smallest absolute Gasteiger partial charge is 0.227 e. The molecule has 4 rings (SSSR count). The van der Waals surface area contributed by atoms with Crippen molar-refractivity contribution in [1.29, 1.82) is 0 Å². The first-order valence-electron chi connectivity index (χ1n) is 9.56. The highest BCUT2D eigenvalue weighted by Crippen LogP contribution is 2.43. The SMILES string of the molecule is Cl.Cl.O=C(NCCN1CCc2ccccc2C1)[C@@]12CCCC[C@H]1CNC2. The van der Waals surface area contributed by atoms with Crippen molar-refractivity contribution in [2.75, 3.05) is 32.7 Å². The lowest BCUT2D eigenvalue weighted by atomic mass is 9.67. The highest BCUT2D eigenvalue weighted by atomic mass is 35.5. The first-order valence-corrected chi connectivity index (χ1v) is 9.56. The first kappa shape index (κ1) is 21.5. The molecule has 2 aliphatic heterocycles. The summed E-state index contributed by atoms with van der Waals surface area (Å²) in [6.45, 7) is 5.74. The van der Waals surface area contributed by atoms with E-state index in [0.29, 0.717) is 11.8 Å². The third-order valence-electron chi connectivity index (χ3n) is 6.41. The summed E-state index contributed by atoms with van der Waals surface area (Å²) in [7, 11) is 0. The Hall–Kier alpha value is -0.810. The Bertz CT molecular complexity index is 612. The number of rotatable bonds is 4. The maximum absolute atomic E-state index is 12.9. The molecule has 2 atom stereocenters. The number of amides is 1. The van der Waals surface area contributed by atoms with Crippen LogP contribution in [0.15, 0.2) is 24.3 Å². The highest BCUT2D eigenvalue weighted by Gasteiger charge is 2.49. The highest BCUT2D eigenvalue weighted by molar-refractivity contribution is 5.85. The van der Waals surface area contributed by atoms with Gasteiger partial charge in [0.2, 0.25) is 5.91 Å². The second kappa shape index (κ2) is 9.41. The maximum Gasteiger partial charge on any atom is 0.227 e. The number of nitrogens with zero attached hydrogens (tertiary/aromatic N) is 1. The Balaban J connectivity index is 0.00000121. The van der Waals surface area contributed by atoms with Crippen LogP contribution in [-0.4, -0.2) is 43.5 Å². The predicted molar refractivity (Wildman–Crippen MR) is 110 cm³/mol. The molecular weight excluding hydrogens is 369 g/mol. The molecule has 2 N–H and O–H groups in total. The van der Waals surface area contributed by atoms with Gasteiger partial charge in [-0.05, 0) is 42.9 Å². The van der Waals surface area contributed by atoms with E-state index in [1.807, 2.05) is 0 Å². The lowest BCUT2D eigenvalue weighted by molar-refractivity contribution is -0.134. The van der Waals surface area contributed by atoms with Gasteiger partial charge >= 0.3 is 0 Å². The van der Waals surface area contributed by atoms with Gasteiger partial charge in [0.05, 0.1) is 5.41 Å². The molecule has 1 aromatic carbocycles. The summed E-state index contributed by atoms with van der Waals surface area (Å²) in [4.78, 5) is 15.3. The van der Waals surface area contributed by atoms with E-state index in [1.54, 1.807) is 0 Å². The van der Waals surface area contributed by atoms with Crippen molar-refractivity contribution in [3.63, 3.8) is 0 Å². The van der Waals surface area contributed by atoms with Crippen LogP contribution >= 0.6 is 24.8 Å². The van der Waals surface area contributed by atoms with Crippen LogP contribution in [0.2, 0.25) is 0 Å². The van der Waals surface area contributed by atoms with E-state index in [2.05, 4.69) is 39.8 Å². The van der Waals surface area contributed by atoms with E-state index in [4.69, 9.17) is 0 Å². The summed E-state index contributed by atoms with van der Waals surface area (Å²) in [6.07, 6.45) is 5.89. The molecule has 2 heterocycles. The van der Waals surface area contributed by atoms with Crippen LogP contribution < -0.4 is 10.6 Å². The zero-order chi connectivity index (χ0) is 16.4. The van der Waals surface area contributed by atoms with Gasteiger partial charge in [-0.25, -0.2) is 0 Å². The van der Waals surface area contributed by atoms with Crippen molar-refractivity contribution in [3.8, 4) is 0 Å². The summed E-state index contributed by atoms with van der Waals surface area (Å²) in [5.41, 5.74) is 2.81. The van der Waals surface area contributed by atoms with Gasteiger partial charge in [-0.1, -0.05) is 37.1 Å². The average Bonchev–Trinajstić information content (AvgIpc) is 3.07. The normalized spacial score (nSPS) is 27.5. The molecule has 3 aliphatic rings. The lowest BCUT2D eigenvalue weighted by Gasteiger charge is -2.37. The quantitative estimate of drug-likeness (QED) is 0.817. The minimum Gasteiger partial charge on any atom is -0.354 e. The van der Waals surface area contributed by atoms with Gasteiger partial charge in [-0.15, -0.1) is 24.8 Å². The van der Waals surface area contributed by atoms with Gasteiger partial charge < -0.3 is 10.6 Å². The molecule has 2 fully saturated rings. The molecule has 1 aromatic rings. The minimum atomic E-state index is -0.118. The van der Waals surface area contributed by atoms with E-state index < -0.39 is 0 Å². The van der Waals surface area contributed by atoms with E-state index in [0.717, 1.165) is 52.1 Å². The largest absolute Gasteiger partial charge is 0.354 e. The van der Waals surface area contributed by atoms with Gasteiger partial charge in [0.25, 0.3) is 0 Å². The molecule has 26 heavy (non-hydrogen) atoms. The van der Waals surface area contributed by atoms with Crippen molar-refractivity contribution < 1.29 is 4.79 Å². The van der Waals surface area contributed by atoms with Crippen LogP contribution in [0.5, 0.6) is 0 Å². The number of carbonyl (C=O) groups excluding carboxylic acids is 1. The van der Waals surface area contributed by atoms with Gasteiger partial charge in [-0.2, -0.15) is 0 Å². The van der Waals surface area contributed by atoms with Crippen LogP contribution in [-0.2, 0) is 17.8 Å². The fourth-order valence-corrected chi connectivity index (χ4v) is 4.94. The number of nitrogens with one attached hydrogen (secondary N) is 2. The number of hydrogen-bond acceptors (Lipinski definition) is 3. The molecule has 0 radical (unpaired) electrons. The Morgan fingerprint density at radius 2 is 2.04 bits per heavy atom. The van der Waals surface area contributed by atoms with Crippen LogP contribution in [0, 0.1) is 11.3 Å². The Morgan fingerprint density at radius 1 is 1.23 bits per heavy atom. The predicted octanol–water partition coefficient (Wildman–Crippen LogP) is 2.78. The fourth-order valence-electron chi connectivity index (χ4n) is 4.94. The third kappa shape index (κ3) is 4.19. The monoisotopic (exact) mass is 399 g/mol. The maximum atomic E-state index is 12.9. The standard InChI is InChI=1S/C20H29N3O.2ClH/c24-19(20-9-4-3-7-18(20)13-21-15-20)22-10-12-23-11-8-16-5-1-2-6-17(16)14-23;;/h1-2,5-6,18,21H,3-4,7-15H2,(H,22,24);2*1H/t18-,20+;;/m0../s1. The molecule has 0 spiro atoms. The molecule has 0 unspecified atom stereocenters. The number of hydrogen-bond donors (Lipinski definition) is 2. The molecule has 0 bridgehead atoms. The summed E-state index contributed by atoms with van der Waals surface area (Å²) in [5.74, 6) is 0.850. The summed E-state index contributed by atoms with van der Waals surface area (Å²) >= 11 is 0. The zero-order valence-electron chi connectivity index (χ0n) is 15.3.